The number of nitrogens with zero attached hydrogens (tertiary/aromatic N) is 1. The third-order valence-electron chi connectivity index (χ3n) is 3.57. The summed E-state index contributed by atoms with van der Waals surface area (Å²) in [5, 5.41) is 19.1. The summed E-state index contributed by atoms with van der Waals surface area (Å²) < 4.78 is 37.5. The fourth-order valence-electron chi connectivity index (χ4n) is 2.40. The summed E-state index contributed by atoms with van der Waals surface area (Å²) in [4.78, 5) is 1.86. The molecule has 2 N–H and O–H groups in total. The van der Waals surface area contributed by atoms with Crippen LogP contribution >= 0.6 is 0 Å². The van der Waals surface area contributed by atoms with Crippen LogP contribution in [0.4, 0.5) is 8.78 Å². The van der Waals surface area contributed by atoms with Crippen molar-refractivity contribution in [1.29, 1.82) is 0 Å². The highest BCUT2D eigenvalue weighted by Gasteiger charge is 2.21. The van der Waals surface area contributed by atoms with Crippen LogP contribution in [-0.4, -0.2) is 60.9 Å². The zero-order valence-electron chi connectivity index (χ0n) is 12.3. The van der Waals surface area contributed by atoms with Gasteiger partial charge in [-0.25, -0.2) is 8.78 Å². The lowest BCUT2D eigenvalue weighted by atomic mass is 10.1. The van der Waals surface area contributed by atoms with Crippen molar-refractivity contribution in [3.63, 3.8) is 0 Å². The molecule has 0 bridgehead atoms. The topological polar surface area (TPSA) is 62.2 Å². The van der Waals surface area contributed by atoms with Crippen LogP contribution in [0.15, 0.2) is 18.2 Å². The quantitative estimate of drug-likeness (QED) is 0.751. The molecule has 0 saturated carbocycles. The normalized spacial score (nSPS) is 17.3. The maximum Gasteiger partial charge on any atom is 0.170 e. The Balaban J connectivity index is 1.88. The van der Waals surface area contributed by atoms with E-state index in [1.807, 2.05) is 4.90 Å². The smallest absolute Gasteiger partial charge is 0.170 e. The summed E-state index contributed by atoms with van der Waals surface area (Å²) >= 11 is 0. The van der Waals surface area contributed by atoms with Gasteiger partial charge in [0, 0.05) is 25.2 Å². The Bertz CT molecular complexity index is 469. The molecule has 0 amide bonds. The van der Waals surface area contributed by atoms with Gasteiger partial charge in [-0.1, -0.05) is 12.1 Å². The first kappa shape index (κ1) is 17.2. The molecule has 7 heteroatoms. The van der Waals surface area contributed by atoms with Crippen molar-refractivity contribution in [3.8, 4) is 0 Å². The maximum absolute atomic E-state index is 13.6. The zero-order chi connectivity index (χ0) is 15.9. The van der Waals surface area contributed by atoms with Gasteiger partial charge >= 0.3 is 0 Å². The second kappa shape index (κ2) is 8.50. The molecule has 2 rings (SSSR count). The van der Waals surface area contributed by atoms with Gasteiger partial charge in [-0.15, -0.1) is 0 Å². The number of hydrogen-bond donors (Lipinski definition) is 2. The molecule has 1 heterocycles. The van der Waals surface area contributed by atoms with Crippen LogP contribution in [0.25, 0.3) is 0 Å². The van der Waals surface area contributed by atoms with Gasteiger partial charge in [-0.05, 0) is 12.5 Å². The molecular formula is C15H21F2NO4. The Morgan fingerprint density at radius 2 is 1.95 bits per heavy atom. The Kier molecular flexibility index (Phi) is 6.66. The number of aliphatic hydroxyl groups excluding tert-OH is 2. The molecule has 1 saturated heterocycles. The molecule has 1 fully saturated rings. The second-order valence-corrected chi connectivity index (χ2v) is 5.14. The molecular weight excluding hydrogens is 296 g/mol. The van der Waals surface area contributed by atoms with Crippen LogP contribution in [0.5, 0.6) is 0 Å². The number of ether oxygens (including phenoxy) is 2. The molecule has 124 valence electrons. The minimum Gasteiger partial charge on any atom is -0.395 e. The minimum atomic E-state index is -1.11. The standard InChI is InChI=1S/C15H21F2NO4/c16-12-3-1-2-11(15(12)17)13(20)4-5-18(6-7-19)10-14-21-8-9-22-14/h1-3,13-14,19-20H,4-10H2. The van der Waals surface area contributed by atoms with Crippen LogP contribution in [0.1, 0.15) is 18.1 Å². The molecule has 1 atom stereocenters. The van der Waals surface area contributed by atoms with Crippen LogP contribution in [-0.2, 0) is 9.47 Å². The third-order valence-corrected chi connectivity index (χ3v) is 3.57. The van der Waals surface area contributed by atoms with E-state index in [9.17, 15) is 13.9 Å². The van der Waals surface area contributed by atoms with Gasteiger partial charge in [0.15, 0.2) is 17.9 Å². The second-order valence-electron chi connectivity index (χ2n) is 5.14. The van der Waals surface area contributed by atoms with Crippen molar-refractivity contribution in [2.24, 2.45) is 0 Å². The molecule has 0 radical (unpaired) electrons. The van der Waals surface area contributed by atoms with Gasteiger partial charge < -0.3 is 19.7 Å². The van der Waals surface area contributed by atoms with E-state index in [1.165, 1.54) is 12.1 Å². The highest BCUT2D eigenvalue weighted by Crippen LogP contribution is 2.22. The average molecular weight is 317 g/mol. The lowest BCUT2D eigenvalue weighted by molar-refractivity contribution is -0.0648. The third kappa shape index (κ3) is 4.69. The fraction of sp³-hybridized carbons (Fsp3) is 0.600. The Labute approximate surface area is 128 Å². The first-order chi connectivity index (χ1) is 10.6. The van der Waals surface area contributed by atoms with Crippen molar-refractivity contribution < 1.29 is 28.5 Å². The predicted octanol–water partition coefficient (Wildman–Crippen LogP) is 1.06. The van der Waals surface area contributed by atoms with Gasteiger partial charge in [0.05, 0.1) is 25.9 Å². The summed E-state index contributed by atoms with van der Waals surface area (Å²) in [7, 11) is 0. The number of aliphatic hydroxyl groups is 2. The first-order valence-electron chi connectivity index (χ1n) is 7.30. The molecule has 22 heavy (non-hydrogen) atoms. The van der Waals surface area contributed by atoms with E-state index in [1.54, 1.807) is 0 Å². The summed E-state index contributed by atoms with van der Waals surface area (Å²) in [5.41, 5.74) is -0.0580. The van der Waals surface area contributed by atoms with E-state index in [0.29, 0.717) is 32.8 Å². The van der Waals surface area contributed by atoms with E-state index in [4.69, 9.17) is 14.6 Å². The van der Waals surface area contributed by atoms with E-state index < -0.39 is 17.7 Å². The number of benzene rings is 1. The van der Waals surface area contributed by atoms with E-state index in [-0.39, 0.29) is 24.9 Å². The van der Waals surface area contributed by atoms with Crippen LogP contribution in [0.3, 0.4) is 0 Å². The number of hydrogen-bond acceptors (Lipinski definition) is 5. The van der Waals surface area contributed by atoms with Crippen LogP contribution in [0, 0.1) is 11.6 Å². The number of rotatable bonds is 8. The molecule has 1 aliphatic rings. The van der Waals surface area contributed by atoms with Crippen molar-refractivity contribution in [1.82, 2.24) is 4.90 Å². The van der Waals surface area contributed by atoms with Gasteiger partial charge in [-0.2, -0.15) is 0 Å². The average Bonchev–Trinajstić information content (AvgIpc) is 3.00. The lowest BCUT2D eigenvalue weighted by Gasteiger charge is -2.25. The monoisotopic (exact) mass is 317 g/mol. The molecule has 0 aliphatic carbocycles. The van der Waals surface area contributed by atoms with Crippen LogP contribution in [0.2, 0.25) is 0 Å². The summed E-state index contributed by atoms with van der Waals surface area (Å²) in [5.74, 6) is -2.00. The lowest BCUT2D eigenvalue weighted by Crippen LogP contribution is -2.36. The molecule has 1 aromatic rings. The zero-order valence-corrected chi connectivity index (χ0v) is 12.3. The minimum absolute atomic E-state index is 0.0445. The Morgan fingerprint density at radius 3 is 2.64 bits per heavy atom. The summed E-state index contributed by atoms with van der Waals surface area (Å²) in [6.07, 6.45) is -1.25. The SMILES string of the molecule is OCCN(CCC(O)c1cccc(F)c1F)CC1OCCO1. The van der Waals surface area contributed by atoms with Gasteiger partial charge in [-0.3, -0.25) is 4.90 Å². The Morgan fingerprint density at radius 1 is 1.23 bits per heavy atom. The van der Waals surface area contributed by atoms with E-state index in [2.05, 4.69) is 0 Å². The molecule has 1 aliphatic heterocycles. The van der Waals surface area contributed by atoms with Gasteiger partial charge in [0.2, 0.25) is 0 Å². The first-order valence-corrected chi connectivity index (χ1v) is 7.30. The highest BCUT2D eigenvalue weighted by atomic mass is 19.2. The highest BCUT2D eigenvalue weighted by molar-refractivity contribution is 5.21. The largest absolute Gasteiger partial charge is 0.395 e. The summed E-state index contributed by atoms with van der Waals surface area (Å²) in [6, 6.07) is 3.74. The van der Waals surface area contributed by atoms with Gasteiger partial charge in [0.1, 0.15) is 0 Å². The predicted molar refractivity (Wildman–Crippen MR) is 75.2 cm³/mol. The summed E-state index contributed by atoms with van der Waals surface area (Å²) in [6.45, 7) is 2.28. The molecule has 0 aromatic heterocycles. The molecule has 5 nitrogen and oxygen atoms in total. The van der Waals surface area contributed by atoms with E-state index >= 15 is 0 Å². The van der Waals surface area contributed by atoms with Crippen molar-refractivity contribution in [3.05, 3.63) is 35.4 Å². The van der Waals surface area contributed by atoms with Gasteiger partial charge in [0.25, 0.3) is 0 Å². The molecule has 0 spiro atoms. The van der Waals surface area contributed by atoms with E-state index in [0.717, 1.165) is 6.07 Å². The molecule has 1 aromatic carbocycles. The fourth-order valence-corrected chi connectivity index (χ4v) is 2.40. The van der Waals surface area contributed by atoms with Crippen molar-refractivity contribution in [2.75, 3.05) is 39.5 Å². The maximum atomic E-state index is 13.6. The number of halogens is 2. The van der Waals surface area contributed by atoms with Crippen LogP contribution < -0.4 is 0 Å². The Hall–Kier alpha value is -1.12. The van der Waals surface area contributed by atoms with Crippen molar-refractivity contribution in [2.45, 2.75) is 18.8 Å². The molecule has 1 unspecified atom stereocenters. The van der Waals surface area contributed by atoms with Crippen molar-refractivity contribution >= 4 is 0 Å².